The fourth-order valence-electron chi connectivity index (χ4n) is 2.85. The van der Waals surface area contributed by atoms with Crippen LogP contribution in [0.1, 0.15) is 5.56 Å². The number of hydrogen-bond acceptors (Lipinski definition) is 3. The molecule has 0 unspecified atom stereocenters. The number of carbonyl (C=O) groups excluding carboxylic acids is 1. The van der Waals surface area contributed by atoms with Crippen molar-refractivity contribution in [1.29, 1.82) is 0 Å². The number of amides is 2. The molecule has 0 aliphatic carbocycles. The summed E-state index contributed by atoms with van der Waals surface area (Å²) in [6.45, 7) is 0.311. The number of rotatable bonds is 5. The lowest BCUT2D eigenvalue weighted by Crippen LogP contribution is -2.28. The van der Waals surface area contributed by atoms with Crippen molar-refractivity contribution in [1.82, 2.24) is 10.3 Å². The predicted octanol–water partition coefficient (Wildman–Crippen LogP) is 5.94. The lowest BCUT2D eigenvalue weighted by atomic mass is 10.0. The monoisotopic (exact) mass is 403 g/mol. The first-order chi connectivity index (χ1) is 14.2. The Bertz CT molecular complexity index is 1090. The summed E-state index contributed by atoms with van der Waals surface area (Å²) in [5.41, 5.74) is 4.92. The highest BCUT2D eigenvalue weighted by atomic mass is 32.1. The summed E-state index contributed by atoms with van der Waals surface area (Å²) in [5.74, 6) is -0.301. The van der Waals surface area contributed by atoms with Gasteiger partial charge in [0.25, 0.3) is 0 Å². The number of nitrogens with one attached hydrogen (secondary N) is 2. The van der Waals surface area contributed by atoms with Crippen LogP contribution in [0.2, 0.25) is 0 Å². The molecule has 2 N–H and O–H groups in total. The summed E-state index contributed by atoms with van der Waals surface area (Å²) in [6.07, 6.45) is 0. The van der Waals surface area contributed by atoms with Crippen LogP contribution in [0.3, 0.4) is 0 Å². The van der Waals surface area contributed by atoms with E-state index in [0.717, 1.165) is 27.9 Å². The average molecular weight is 403 g/mol. The first-order valence-corrected chi connectivity index (χ1v) is 9.96. The Balaban J connectivity index is 1.36. The maximum Gasteiger partial charge on any atom is 0.321 e. The van der Waals surface area contributed by atoms with Gasteiger partial charge in [0, 0.05) is 17.5 Å². The van der Waals surface area contributed by atoms with Gasteiger partial charge in [0.1, 0.15) is 5.82 Å². The number of nitrogens with zero attached hydrogens (tertiary/aromatic N) is 1. The number of urea groups is 1. The molecule has 4 aromatic rings. The third-order valence-electron chi connectivity index (χ3n) is 4.38. The van der Waals surface area contributed by atoms with Crippen LogP contribution in [0.4, 0.5) is 14.3 Å². The molecule has 0 saturated heterocycles. The van der Waals surface area contributed by atoms with E-state index in [0.29, 0.717) is 11.7 Å². The summed E-state index contributed by atoms with van der Waals surface area (Å²) in [7, 11) is 0. The van der Waals surface area contributed by atoms with Gasteiger partial charge in [-0.05, 0) is 28.8 Å². The molecular weight excluding hydrogens is 385 g/mol. The molecule has 29 heavy (non-hydrogen) atoms. The van der Waals surface area contributed by atoms with Gasteiger partial charge < -0.3 is 5.32 Å². The topological polar surface area (TPSA) is 54.0 Å². The van der Waals surface area contributed by atoms with E-state index in [1.54, 1.807) is 12.1 Å². The molecule has 0 fully saturated rings. The SMILES string of the molecule is O=C(NCc1ccc(F)cc1)Nc1nc(-c2ccc(-c3ccccc3)cc2)cs1. The summed E-state index contributed by atoms with van der Waals surface area (Å²) in [4.78, 5) is 16.6. The standard InChI is InChI=1S/C23H18FN3OS/c24-20-12-6-16(7-13-20)14-25-22(28)27-23-26-21(15-29-23)19-10-8-18(9-11-19)17-4-2-1-3-5-17/h1-13,15H,14H2,(H2,25,26,27,28). The maximum absolute atomic E-state index is 12.9. The minimum atomic E-state index is -0.352. The van der Waals surface area contributed by atoms with Crippen LogP contribution in [0.5, 0.6) is 0 Å². The average Bonchev–Trinajstić information content (AvgIpc) is 3.22. The van der Waals surface area contributed by atoms with Gasteiger partial charge in [-0.15, -0.1) is 11.3 Å². The van der Waals surface area contributed by atoms with Gasteiger partial charge in [-0.25, -0.2) is 14.2 Å². The number of hydrogen-bond donors (Lipinski definition) is 2. The Labute approximate surface area is 172 Å². The Morgan fingerprint density at radius 1 is 0.862 bits per heavy atom. The Morgan fingerprint density at radius 3 is 2.24 bits per heavy atom. The zero-order valence-electron chi connectivity index (χ0n) is 15.4. The minimum Gasteiger partial charge on any atom is -0.334 e. The molecule has 2 amide bonds. The Kier molecular flexibility index (Phi) is 5.63. The van der Waals surface area contributed by atoms with E-state index in [4.69, 9.17) is 0 Å². The van der Waals surface area contributed by atoms with Gasteiger partial charge in [0.05, 0.1) is 5.69 Å². The van der Waals surface area contributed by atoms with Crippen molar-refractivity contribution in [2.45, 2.75) is 6.54 Å². The first kappa shape index (κ1) is 18.8. The summed E-state index contributed by atoms with van der Waals surface area (Å²) in [6, 6.07) is 24.0. The van der Waals surface area contributed by atoms with Crippen molar-refractivity contribution in [3.05, 3.63) is 95.6 Å². The molecule has 0 spiro atoms. The van der Waals surface area contributed by atoms with E-state index in [2.05, 4.69) is 39.9 Å². The molecule has 0 radical (unpaired) electrons. The quantitative estimate of drug-likeness (QED) is 0.433. The van der Waals surface area contributed by atoms with Crippen LogP contribution in [-0.4, -0.2) is 11.0 Å². The summed E-state index contributed by atoms with van der Waals surface area (Å²) < 4.78 is 12.9. The molecule has 4 nitrogen and oxygen atoms in total. The number of carbonyl (C=O) groups is 1. The molecule has 6 heteroatoms. The molecule has 0 saturated carbocycles. The van der Waals surface area contributed by atoms with E-state index in [-0.39, 0.29) is 11.8 Å². The van der Waals surface area contributed by atoms with E-state index < -0.39 is 0 Å². The second kappa shape index (κ2) is 8.67. The molecule has 0 aliphatic heterocycles. The highest BCUT2D eigenvalue weighted by Crippen LogP contribution is 2.27. The molecule has 1 heterocycles. The van der Waals surface area contributed by atoms with Crippen molar-refractivity contribution in [3.63, 3.8) is 0 Å². The van der Waals surface area contributed by atoms with Crippen LogP contribution in [-0.2, 0) is 6.54 Å². The predicted molar refractivity (Wildman–Crippen MR) is 115 cm³/mol. The van der Waals surface area contributed by atoms with E-state index >= 15 is 0 Å². The second-order valence-corrected chi connectivity index (χ2v) is 7.27. The largest absolute Gasteiger partial charge is 0.334 e. The van der Waals surface area contributed by atoms with E-state index in [1.807, 2.05) is 35.7 Å². The van der Waals surface area contributed by atoms with Gasteiger partial charge in [-0.3, -0.25) is 5.32 Å². The van der Waals surface area contributed by atoms with Crippen LogP contribution < -0.4 is 10.6 Å². The number of benzene rings is 3. The van der Waals surface area contributed by atoms with E-state index in [9.17, 15) is 9.18 Å². The van der Waals surface area contributed by atoms with Crippen LogP contribution >= 0.6 is 11.3 Å². The minimum absolute atomic E-state index is 0.301. The third kappa shape index (κ3) is 4.86. The molecule has 1 aromatic heterocycles. The van der Waals surface area contributed by atoms with Crippen molar-refractivity contribution in [3.8, 4) is 22.4 Å². The summed E-state index contributed by atoms with van der Waals surface area (Å²) >= 11 is 1.36. The van der Waals surface area contributed by atoms with Gasteiger partial charge >= 0.3 is 6.03 Å². The molecule has 0 aliphatic rings. The Morgan fingerprint density at radius 2 is 1.52 bits per heavy atom. The molecule has 0 atom stereocenters. The zero-order chi connectivity index (χ0) is 20.1. The van der Waals surface area contributed by atoms with Gasteiger partial charge in [-0.2, -0.15) is 0 Å². The Hall–Kier alpha value is -3.51. The van der Waals surface area contributed by atoms with Crippen molar-refractivity contribution < 1.29 is 9.18 Å². The first-order valence-electron chi connectivity index (χ1n) is 9.08. The van der Waals surface area contributed by atoms with Crippen LogP contribution in [0.15, 0.2) is 84.2 Å². The molecule has 144 valence electrons. The summed E-state index contributed by atoms with van der Waals surface area (Å²) in [5, 5.41) is 7.90. The molecular formula is C23H18FN3OS. The third-order valence-corrected chi connectivity index (χ3v) is 5.14. The van der Waals surface area contributed by atoms with E-state index in [1.165, 1.54) is 23.5 Å². The fourth-order valence-corrected chi connectivity index (χ4v) is 3.57. The fraction of sp³-hybridized carbons (Fsp3) is 0.0435. The van der Waals surface area contributed by atoms with Crippen molar-refractivity contribution in [2.24, 2.45) is 0 Å². The highest BCUT2D eigenvalue weighted by Gasteiger charge is 2.08. The van der Waals surface area contributed by atoms with Gasteiger partial charge in [0.2, 0.25) is 0 Å². The molecule has 4 rings (SSSR count). The maximum atomic E-state index is 12.9. The lowest BCUT2D eigenvalue weighted by Gasteiger charge is -2.05. The smallest absolute Gasteiger partial charge is 0.321 e. The normalized spacial score (nSPS) is 10.5. The van der Waals surface area contributed by atoms with Crippen LogP contribution in [0, 0.1) is 5.82 Å². The van der Waals surface area contributed by atoms with Gasteiger partial charge in [-0.1, -0.05) is 66.7 Å². The van der Waals surface area contributed by atoms with Crippen molar-refractivity contribution in [2.75, 3.05) is 5.32 Å². The van der Waals surface area contributed by atoms with Crippen LogP contribution in [0.25, 0.3) is 22.4 Å². The molecule has 0 bridgehead atoms. The molecule has 3 aromatic carbocycles. The van der Waals surface area contributed by atoms with Gasteiger partial charge in [0.15, 0.2) is 5.13 Å². The number of anilines is 1. The number of halogens is 1. The lowest BCUT2D eigenvalue weighted by molar-refractivity contribution is 0.251. The number of thiazole rings is 1. The number of aromatic nitrogens is 1. The zero-order valence-corrected chi connectivity index (χ0v) is 16.2. The second-order valence-electron chi connectivity index (χ2n) is 6.42. The van der Waals surface area contributed by atoms with Crippen molar-refractivity contribution >= 4 is 22.5 Å². The highest BCUT2D eigenvalue weighted by molar-refractivity contribution is 7.14.